The van der Waals surface area contributed by atoms with Crippen molar-refractivity contribution in [2.75, 3.05) is 30.0 Å². The average molecular weight is 502 g/mol. The standard InChI is InChI=1S/C28H27N3O6/c1-2-20-6-12-24(13-7-20)36-17-3-16-30-25-18-22(9-14-26(25)37-19-28(30)33)29-27(32)15-8-21-4-10-23(11-5-21)31(34)35/h4-15,18H,2-3,16-17,19H2,1H3,(H,29,32)/b15-8+. The first-order chi connectivity index (χ1) is 17.9. The fourth-order valence-electron chi connectivity index (χ4n) is 3.82. The zero-order chi connectivity index (χ0) is 26.2. The number of nitrogens with zero attached hydrogens (tertiary/aromatic N) is 2. The number of fused-ring (bicyclic) bond motifs is 1. The van der Waals surface area contributed by atoms with Crippen LogP contribution < -0.4 is 19.7 Å². The van der Waals surface area contributed by atoms with Gasteiger partial charge in [-0.2, -0.15) is 0 Å². The van der Waals surface area contributed by atoms with Gasteiger partial charge in [-0.1, -0.05) is 19.1 Å². The van der Waals surface area contributed by atoms with E-state index in [0.29, 0.717) is 42.3 Å². The number of hydrogen-bond acceptors (Lipinski definition) is 6. The fourth-order valence-corrected chi connectivity index (χ4v) is 3.82. The van der Waals surface area contributed by atoms with E-state index in [2.05, 4.69) is 12.2 Å². The summed E-state index contributed by atoms with van der Waals surface area (Å²) in [6, 6.07) is 19.0. The monoisotopic (exact) mass is 501 g/mol. The normalized spacial score (nSPS) is 12.7. The lowest BCUT2D eigenvalue weighted by Crippen LogP contribution is -2.39. The molecule has 0 atom stereocenters. The number of carbonyl (C=O) groups excluding carboxylic acids is 2. The number of nitro groups is 1. The van der Waals surface area contributed by atoms with Gasteiger partial charge in [-0.25, -0.2) is 0 Å². The second kappa shape index (κ2) is 11.9. The number of non-ortho nitro benzene ring substituents is 1. The molecule has 3 aromatic rings. The minimum absolute atomic E-state index is 0.0193. The molecule has 37 heavy (non-hydrogen) atoms. The molecule has 4 rings (SSSR count). The van der Waals surface area contributed by atoms with E-state index in [4.69, 9.17) is 9.47 Å². The lowest BCUT2D eigenvalue weighted by atomic mass is 10.2. The Morgan fingerprint density at radius 1 is 1.14 bits per heavy atom. The molecule has 0 aromatic heterocycles. The predicted octanol–water partition coefficient (Wildman–Crippen LogP) is 5.00. The molecule has 1 heterocycles. The summed E-state index contributed by atoms with van der Waals surface area (Å²) in [6.07, 6.45) is 4.49. The van der Waals surface area contributed by atoms with Crippen LogP contribution in [0.3, 0.4) is 0 Å². The number of benzene rings is 3. The molecule has 190 valence electrons. The molecule has 0 radical (unpaired) electrons. The van der Waals surface area contributed by atoms with E-state index in [-0.39, 0.29) is 24.1 Å². The predicted molar refractivity (Wildman–Crippen MR) is 141 cm³/mol. The molecule has 0 unspecified atom stereocenters. The van der Waals surface area contributed by atoms with Crippen molar-refractivity contribution < 1.29 is 24.0 Å². The molecular formula is C28H27N3O6. The summed E-state index contributed by atoms with van der Waals surface area (Å²) in [5, 5.41) is 13.5. The zero-order valence-corrected chi connectivity index (χ0v) is 20.4. The fraction of sp³-hybridized carbons (Fsp3) is 0.214. The molecule has 0 aliphatic carbocycles. The highest BCUT2D eigenvalue weighted by Crippen LogP contribution is 2.34. The summed E-state index contributed by atoms with van der Waals surface area (Å²) < 4.78 is 11.4. The van der Waals surface area contributed by atoms with E-state index in [0.717, 1.165) is 12.2 Å². The van der Waals surface area contributed by atoms with E-state index < -0.39 is 4.92 Å². The van der Waals surface area contributed by atoms with Gasteiger partial charge < -0.3 is 19.7 Å². The summed E-state index contributed by atoms with van der Waals surface area (Å²) in [5.74, 6) is 0.810. The van der Waals surface area contributed by atoms with Crippen LogP contribution in [0.2, 0.25) is 0 Å². The maximum Gasteiger partial charge on any atom is 0.269 e. The molecule has 9 nitrogen and oxygen atoms in total. The molecule has 0 saturated heterocycles. The minimum atomic E-state index is -0.480. The third-order valence-electron chi connectivity index (χ3n) is 5.83. The highest BCUT2D eigenvalue weighted by molar-refractivity contribution is 6.03. The molecule has 0 fully saturated rings. The van der Waals surface area contributed by atoms with Crippen molar-refractivity contribution in [2.24, 2.45) is 0 Å². The first-order valence-corrected chi connectivity index (χ1v) is 12.0. The lowest BCUT2D eigenvalue weighted by Gasteiger charge is -2.29. The van der Waals surface area contributed by atoms with Crippen molar-refractivity contribution in [1.82, 2.24) is 0 Å². The van der Waals surface area contributed by atoms with Crippen LogP contribution in [0.5, 0.6) is 11.5 Å². The largest absolute Gasteiger partial charge is 0.494 e. The highest BCUT2D eigenvalue weighted by atomic mass is 16.6. The number of nitrogens with one attached hydrogen (secondary N) is 1. The Morgan fingerprint density at radius 3 is 2.59 bits per heavy atom. The van der Waals surface area contributed by atoms with Crippen LogP contribution in [0.1, 0.15) is 24.5 Å². The maximum atomic E-state index is 12.6. The van der Waals surface area contributed by atoms with Crippen LogP contribution in [0, 0.1) is 10.1 Å². The number of aryl methyl sites for hydroxylation is 1. The Hall–Kier alpha value is -4.66. The number of nitro benzene ring substituents is 1. The Kier molecular flexibility index (Phi) is 8.15. The number of anilines is 2. The number of rotatable bonds is 10. The van der Waals surface area contributed by atoms with Crippen LogP contribution >= 0.6 is 0 Å². The molecule has 1 aliphatic rings. The molecule has 0 saturated carbocycles. The van der Waals surface area contributed by atoms with Crippen molar-refractivity contribution in [3.8, 4) is 11.5 Å². The quantitative estimate of drug-likeness (QED) is 0.181. The number of ether oxygens (including phenoxy) is 2. The average Bonchev–Trinajstić information content (AvgIpc) is 2.91. The molecule has 0 bridgehead atoms. The van der Waals surface area contributed by atoms with E-state index in [9.17, 15) is 19.7 Å². The number of carbonyl (C=O) groups is 2. The van der Waals surface area contributed by atoms with E-state index in [1.54, 1.807) is 41.3 Å². The molecule has 2 amide bonds. The van der Waals surface area contributed by atoms with E-state index >= 15 is 0 Å². The van der Waals surface area contributed by atoms with Crippen LogP contribution in [-0.2, 0) is 16.0 Å². The van der Waals surface area contributed by atoms with Gasteiger partial charge in [0.05, 0.1) is 17.2 Å². The second-order valence-electron chi connectivity index (χ2n) is 8.39. The smallest absolute Gasteiger partial charge is 0.269 e. The third kappa shape index (κ3) is 6.72. The van der Waals surface area contributed by atoms with Gasteiger partial charge in [-0.3, -0.25) is 19.7 Å². The van der Waals surface area contributed by atoms with Crippen molar-refractivity contribution in [3.63, 3.8) is 0 Å². The Bertz CT molecular complexity index is 1300. The van der Waals surface area contributed by atoms with Crippen LogP contribution in [0.15, 0.2) is 72.8 Å². The van der Waals surface area contributed by atoms with Gasteiger partial charge in [0.25, 0.3) is 11.6 Å². The van der Waals surface area contributed by atoms with E-state index in [1.165, 1.54) is 23.8 Å². The van der Waals surface area contributed by atoms with Gasteiger partial charge in [0.15, 0.2) is 6.61 Å². The van der Waals surface area contributed by atoms with Crippen LogP contribution in [0.25, 0.3) is 6.08 Å². The van der Waals surface area contributed by atoms with Gasteiger partial charge in [0, 0.05) is 30.4 Å². The van der Waals surface area contributed by atoms with Gasteiger partial charge in [-0.15, -0.1) is 0 Å². The van der Waals surface area contributed by atoms with Crippen molar-refractivity contribution >= 4 is 35.0 Å². The van der Waals surface area contributed by atoms with Gasteiger partial charge in [0.1, 0.15) is 11.5 Å². The SMILES string of the molecule is CCc1ccc(OCCCN2C(=O)COc3ccc(NC(=O)/C=C/c4ccc([N+](=O)[O-])cc4)cc32)cc1. The van der Waals surface area contributed by atoms with Crippen LogP contribution in [-0.4, -0.2) is 36.5 Å². The number of amides is 2. The summed E-state index contributed by atoms with van der Waals surface area (Å²) in [5.41, 5.74) is 2.97. The van der Waals surface area contributed by atoms with Gasteiger partial charge in [-0.05, 0) is 72.5 Å². The lowest BCUT2D eigenvalue weighted by molar-refractivity contribution is -0.384. The van der Waals surface area contributed by atoms with Crippen molar-refractivity contribution in [1.29, 1.82) is 0 Å². The Balaban J connectivity index is 1.35. The first-order valence-electron chi connectivity index (χ1n) is 12.0. The highest BCUT2D eigenvalue weighted by Gasteiger charge is 2.25. The first kappa shape index (κ1) is 25.4. The topological polar surface area (TPSA) is 111 Å². The maximum absolute atomic E-state index is 12.6. The zero-order valence-electron chi connectivity index (χ0n) is 20.4. The summed E-state index contributed by atoms with van der Waals surface area (Å²) >= 11 is 0. The molecule has 9 heteroatoms. The Morgan fingerprint density at radius 2 is 1.89 bits per heavy atom. The molecular weight excluding hydrogens is 474 g/mol. The Labute approximate surface area is 214 Å². The van der Waals surface area contributed by atoms with Crippen molar-refractivity contribution in [2.45, 2.75) is 19.8 Å². The van der Waals surface area contributed by atoms with Crippen LogP contribution in [0.4, 0.5) is 17.1 Å². The second-order valence-corrected chi connectivity index (χ2v) is 8.39. The molecule has 0 spiro atoms. The summed E-state index contributed by atoms with van der Waals surface area (Å²) in [4.78, 5) is 36.9. The molecule has 1 N–H and O–H groups in total. The van der Waals surface area contributed by atoms with Gasteiger partial charge >= 0.3 is 0 Å². The molecule has 3 aromatic carbocycles. The third-order valence-corrected chi connectivity index (χ3v) is 5.83. The summed E-state index contributed by atoms with van der Waals surface area (Å²) in [6.45, 7) is 2.95. The number of hydrogen-bond donors (Lipinski definition) is 1. The van der Waals surface area contributed by atoms with Gasteiger partial charge in [0.2, 0.25) is 5.91 Å². The summed E-state index contributed by atoms with van der Waals surface area (Å²) in [7, 11) is 0. The van der Waals surface area contributed by atoms with E-state index in [1.807, 2.05) is 24.3 Å². The van der Waals surface area contributed by atoms with Crippen molar-refractivity contribution in [3.05, 3.63) is 94.0 Å². The molecule has 1 aliphatic heterocycles. The minimum Gasteiger partial charge on any atom is -0.494 e.